The van der Waals surface area contributed by atoms with E-state index in [1.165, 1.54) is 19.3 Å². The number of benzene rings is 1. The van der Waals surface area contributed by atoms with E-state index >= 15 is 0 Å². The Labute approximate surface area is 141 Å². The molecular formula is C19H24N4O. The van der Waals surface area contributed by atoms with Gasteiger partial charge in [-0.1, -0.05) is 56.5 Å². The zero-order valence-corrected chi connectivity index (χ0v) is 14.3. The molecule has 0 radical (unpaired) electrons. The lowest BCUT2D eigenvalue weighted by atomic mass is 10.1. The van der Waals surface area contributed by atoms with Crippen LogP contribution < -0.4 is 5.69 Å². The van der Waals surface area contributed by atoms with Gasteiger partial charge in [0, 0.05) is 0 Å². The third-order valence-corrected chi connectivity index (χ3v) is 4.43. The molecule has 2 aromatic heterocycles. The average molecular weight is 324 g/mol. The number of nitrogens with one attached hydrogen (secondary N) is 1. The highest BCUT2D eigenvalue weighted by molar-refractivity contribution is 5.65. The lowest BCUT2D eigenvalue weighted by Gasteiger charge is -2.13. The second-order valence-corrected chi connectivity index (χ2v) is 6.23. The number of fused-ring (bicyclic) bond motifs is 1. The molecule has 0 aliphatic rings. The van der Waals surface area contributed by atoms with Gasteiger partial charge in [-0.25, -0.2) is 14.8 Å². The molecule has 1 unspecified atom stereocenters. The second-order valence-electron chi connectivity index (χ2n) is 6.23. The number of aromatic amines is 1. The zero-order chi connectivity index (χ0) is 16.9. The molecule has 0 aliphatic heterocycles. The third-order valence-electron chi connectivity index (χ3n) is 4.43. The molecule has 1 aromatic carbocycles. The van der Waals surface area contributed by atoms with Crippen LogP contribution >= 0.6 is 0 Å². The molecule has 2 heterocycles. The van der Waals surface area contributed by atoms with Gasteiger partial charge in [-0.15, -0.1) is 0 Å². The Balaban J connectivity index is 1.88. The summed E-state index contributed by atoms with van der Waals surface area (Å²) in [5, 5.41) is 0. The van der Waals surface area contributed by atoms with Crippen molar-refractivity contribution < 1.29 is 0 Å². The van der Waals surface area contributed by atoms with Crippen molar-refractivity contribution in [3.63, 3.8) is 0 Å². The summed E-state index contributed by atoms with van der Waals surface area (Å²) in [4.78, 5) is 24.4. The summed E-state index contributed by atoms with van der Waals surface area (Å²) in [6.07, 6.45) is 7.49. The largest absolute Gasteiger partial charge is 0.329 e. The van der Waals surface area contributed by atoms with Crippen LogP contribution in [-0.4, -0.2) is 19.5 Å². The minimum absolute atomic E-state index is 0.0860. The summed E-state index contributed by atoms with van der Waals surface area (Å²) < 4.78 is 1.68. The molecule has 0 spiro atoms. The Kier molecular flexibility index (Phi) is 5.08. The smallest absolute Gasteiger partial charge is 0.289 e. The van der Waals surface area contributed by atoms with Gasteiger partial charge in [0.2, 0.25) is 0 Å². The second kappa shape index (κ2) is 7.43. The van der Waals surface area contributed by atoms with E-state index in [1.54, 1.807) is 10.8 Å². The maximum Gasteiger partial charge on any atom is 0.329 e. The first-order valence-electron chi connectivity index (χ1n) is 8.71. The van der Waals surface area contributed by atoms with Crippen molar-refractivity contribution in [3.8, 4) is 0 Å². The normalized spacial score (nSPS) is 12.6. The highest BCUT2D eigenvalue weighted by atomic mass is 16.1. The van der Waals surface area contributed by atoms with E-state index in [1.807, 2.05) is 37.3 Å². The summed E-state index contributed by atoms with van der Waals surface area (Å²) in [5.41, 5.74) is 3.05. The van der Waals surface area contributed by atoms with Gasteiger partial charge in [0.25, 0.3) is 0 Å². The number of aromatic nitrogens is 4. The van der Waals surface area contributed by atoms with Gasteiger partial charge in [0.15, 0.2) is 11.3 Å². The molecule has 3 rings (SSSR count). The van der Waals surface area contributed by atoms with E-state index in [4.69, 9.17) is 0 Å². The van der Waals surface area contributed by atoms with Crippen molar-refractivity contribution in [1.82, 2.24) is 19.5 Å². The molecule has 1 atom stereocenters. The van der Waals surface area contributed by atoms with Crippen LogP contribution in [0.1, 0.15) is 56.8 Å². The fraction of sp³-hybridized carbons (Fsp3) is 0.421. The Bertz CT molecular complexity index is 851. The fourth-order valence-corrected chi connectivity index (χ4v) is 3.03. The Hall–Kier alpha value is -2.43. The lowest BCUT2D eigenvalue weighted by molar-refractivity contribution is 0.630. The number of unbranched alkanes of at least 4 members (excludes halogenated alkanes) is 3. The van der Waals surface area contributed by atoms with E-state index in [0.29, 0.717) is 11.3 Å². The molecule has 5 heteroatoms. The number of imidazole rings is 1. The first-order valence-corrected chi connectivity index (χ1v) is 8.71. The third kappa shape index (κ3) is 3.40. The van der Waals surface area contributed by atoms with Crippen LogP contribution in [0.5, 0.6) is 0 Å². The van der Waals surface area contributed by atoms with Gasteiger partial charge >= 0.3 is 5.69 Å². The van der Waals surface area contributed by atoms with Crippen molar-refractivity contribution in [2.45, 2.75) is 52.0 Å². The number of nitrogens with zero attached hydrogens (tertiary/aromatic N) is 3. The van der Waals surface area contributed by atoms with Crippen LogP contribution in [0.4, 0.5) is 0 Å². The quantitative estimate of drug-likeness (QED) is 0.671. The number of hydrogen-bond acceptors (Lipinski definition) is 3. The predicted molar refractivity (Wildman–Crippen MR) is 96.2 cm³/mol. The van der Waals surface area contributed by atoms with E-state index in [2.05, 4.69) is 21.9 Å². The number of hydrogen-bond donors (Lipinski definition) is 1. The van der Waals surface area contributed by atoms with Crippen LogP contribution in [-0.2, 0) is 6.42 Å². The molecule has 0 saturated carbocycles. The van der Waals surface area contributed by atoms with Crippen LogP contribution in [0.2, 0.25) is 0 Å². The van der Waals surface area contributed by atoms with Gasteiger partial charge in [-0.2, -0.15) is 0 Å². The van der Waals surface area contributed by atoms with Gasteiger partial charge in [-0.05, 0) is 25.3 Å². The van der Waals surface area contributed by atoms with Crippen LogP contribution in [0, 0.1) is 0 Å². The first kappa shape index (κ1) is 16.4. The minimum Gasteiger partial charge on any atom is -0.289 e. The maximum atomic E-state index is 12.4. The summed E-state index contributed by atoms with van der Waals surface area (Å²) in [6.45, 7) is 4.21. The van der Waals surface area contributed by atoms with E-state index < -0.39 is 0 Å². The molecule has 0 aliphatic carbocycles. The maximum absolute atomic E-state index is 12.4. The van der Waals surface area contributed by atoms with Crippen LogP contribution in [0.15, 0.2) is 41.3 Å². The topological polar surface area (TPSA) is 63.6 Å². The Morgan fingerprint density at radius 1 is 1.17 bits per heavy atom. The molecule has 1 N–H and O–H groups in total. The monoisotopic (exact) mass is 324 g/mol. The van der Waals surface area contributed by atoms with E-state index in [-0.39, 0.29) is 11.7 Å². The summed E-state index contributed by atoms with van der Waals surface area (Å²) >= 11 is 0. The summed E-state index contributed by atoms with van der Waals surface area (Å²) in [5.74, 6) is 0. The summed E-state index contributed by atoms with van der Waals surface area (Å²) in [6, 6.07) is 9.88. The fourth-order valence-electron chi connectivity index (χ4n) is 3.03. The van der Waals surface area contributed by atoms with Crippen molar-refractivity contribution in [1.29, 1.82) is 0 Å². The highest BCUT2D eigenvalue weighted by Gasteiger charge is 2.16. The molecule has 0 bridgehead atoms. The molecule has 0 fully saturated rings. The molecular weight excluding hydrogens is 300 g/mol. The van der Waals surface area contributed by atoms with Gasteiger partial charge in [-0.3, -0.25) is 9.55 Å². The average Bonchev–Trinajstić information content (AvgIpc) is 2.94. The lowest BCUT2D eigenvalue weighted by Crippen LogP contribution is -2.21. The standard InChI is InChI=1S/C19H24N4O/c1-3-4-5-9-12-16-13-20-18-17(21-16)22-19(24)23(18)14(2)15-10-7-6-8-11-15/h6-8,10-11,13-14H,3-5,9,12H2,1-2H3,(H,21,22,24). The predicted octanol–water partition coefficient (Wildman–Crippen LogP) is 3.85. The number of rotatable bonds is 7. The van der Waals surface area contributed by atoms with Crippen molar-refractivity contribution in [2.75, 3.05) is 0 Å². The SMILES string of the molecule is CCCCCCc1cnc2c(n1)[nH]c(=O)n2C(C)c1ccccc1. The molecule has 126 valence electrons. The highest BCUT2D eigenvalue weighted by Crippen LogP contribution is 2.19. The zero-order valence-electron chi connectivity index (χ0n) is 14.3. The molecule has 24 heavy (non-hydrogen) atoms. The van der Waals surface area contributed by atoms with E-state index in [0.717, 1.165) is 24.1 Å². The number of H-pyrrole nitrogens is 1. The van der Waals surface area contributed by atoms with Crippen LogP contribution in [0.25, 0.3) is 11.3 Å². The summed E-state index contributed by atoms with van der Waals surface area (Å²) in [7, 11) is 0. The molecule has 0 saturated heterocycles. The van der Waals surface area contributed by atoms with Crippen LogP contribution in [0.3, 0.4) is 0 Å². The Morgan fingerprint density at radius 3 is 2.71 bits per heavy atom. The Morgan fingerprint density at radius 2 is 1.96 bits per heavy atom. The van der Waals surface area contributed by atoms with Gasteiger partial charge in [0.1, 0.15) is 0 Å². The first-order chi connectivity index (χ1) is 11.7. The molecule has 3 aromatic rings. The van der Waals surface area contributed by atoms with E-state index in [9.17, 15) is 4.79 Å². The van der Waals surface area contributed by atoms with Gasteiger partial charge < -0.3 is 0 Å². The molecule has 5 nitrogen and oxygen atoms in total. The minimum atomic E-state index is -0.163. The number of aryl methyl sites for hydroxylation is 1. The molecule has 0 amide bonds. The van der Waals surface area contributed by atoms with Crippen molar-refractivity contribution in [3.05, 3.63) is 58.3 Å². The van der Waals surface area contributed by atoms with Crippen molar-refractivity contribution in [2.24, 2.45) is 0 Å². The van der Waals surface area contributed by atoms with Crippen molar-refractivity contribution >= 4 is 11.3 Å². The van der Waals surface area contributed by atoms with Gasteiger partial charge in [0.05, 0.1) is 17.9 Å².